The number of nitrogens with zero attached hydrogens (tertiary/aromatic N) is 3. The van der Waals surface area contributed by atoms with E-state index in [1.54, 1.807) is 24.3 Å². The number of ether oxygens (including phenoxy) is 1. The largest absolute Gasteiger partial charge is 0.417 e. The average Bonchev–Trinajstić information content (AvgIpc) is 3.42. The van der Waals surface area contributed by atoms with Gasteiger partial charge in [-0.3, -0.25) is 9.78 Å². The van der Waals surface area contributed by atoms with E-state index in [-0.39, 0.29) is 22.3 Å². The number of hydrogen-bond acceptors (Lipinski definition) is 7. The Morgan fingerprint density at radius 1 is 1.11 bits per heavy atom. The van der Waals surface area contributed by atoms with Crippen molar-refractivity contribution in [2.45, 2.75) is 53.9 Å². The molecule has 2 heterocycles. The molecule has 0 aliphatic rings. The van der Waals surface area contributed by atoms with Crippen LogP contribution in [0.25, 0.3) is 16.8 Å². The Bertz CT molecular complexity index is 1570. The number of fused-ring (bicyclic) bond motifs is 1. The molecule has 2 amide bonds. The van der Waals surface area contributed by atoms with Crippen LogP contribution in [-0.2, 0) is 5.41 Å². The van der Waals surface area contributed by atoms with Gasteiger partial charge in [0.05, 0.1) is 23.1 Å². The normalized spacial score (nSPS) is 12.0. The fourth-order valence-corrected chi connectivity index (χ4v) is 3.66. The summed E-state index contributed by atoms with van der Waals surface area (Å²) in [5.74, 6) is -0.981. The first kappa shape index (κ1) is 26.6. The monoisotopic (exact) mass is 520 g/mol. The summed E-state index contributed by atoms with van der Waals surface area (Å²) in [5.41, 5.74) is 3.50. The number of oxazole rings is 1. The number of nitrogens with one attached hydrogen (secondary N) is 3. The quantitative estimate of drug-likeness (QED) is 0.346. The van der Waals surface area contributed by atoms with Crippen LogP contribution in [0.4, 0.5) is 10.5 Å². The molecule has 11 heteroatoms. The zero-order valence-electron chi connectivity index (χ0n) is 22.6. The Balaban J connectivity index is 1.57. The number of amides is 2. The Labute approximate surface area is 219 Å². The van der Waals surface area contributed by atoms with Crippen molar-refractivity contribution in [3.05, 3.63) is 63.8 Å². The molecule has 0 bridgehead atoms. The maximum atomic E-state index is 13.3. The number of anilines is 1. The van der Waals surface area contributed by atoms with E-state index in [0.717, 1.165) is 11.1 Å². The van der Waals surface area contributed by atoms with E-state index in [2.05, 4.69) is 25.9 Å². The molecule has 0 aliphatic carbocycles. The van der Waals surface area contributed by atoms with E-state index >= 15 is 0 Å². The molecule has 0 unspecified atom stereocenters. The van der Waals surface area contributed by atoms with Gasteiger partial charge in [0.1, 0.15) is 0 Å². The Hall–Kier alpha value is -4.41. The van der Waals surface area contributed by atoms with Crippen molar-refractivity contribution >= 4 is 28.8 Å². The minimum absolute atomic E-state index is 0.0227. The van der Waals surface area contributed by atoms with Gasteiger partial charge in [-0.2, -0.15) is 0 Å². The van der Waals surface area contributed by atoms with Gasteiger partial charge in [0.2, 0.25) is 0 Å². The van der Waals surface area contributed by atoms with Gasteiger partial charge in [-0.15, -0.1) is 0 Å². The first-order chi connectivity index (χ1) is 17.7. The van der Waals surface area contributed by atoms with Crippen molar-refractivity contribution in [2.24, 2.45) is 5.41 Å². The zero-order chi connectivity index (χ0) is 27.8. The van der Waals surface area contributed by atoms with Crippen molar-refractivity contribution in [1.82, 2.24) is 25.3 Å². The van der Waals surface area contributed by atoms with E-state index in [1.807, 2.05) is 54.5 Å². The number of H-pyrrole nitrogens is 1. The summed E-state index contributed by atoms with van der Waals surface area (Å²) in [5, 5.41) is 13.5. The van der Waals surface area contributed by atoms with Crippen molar-refractivity contribution in [3.8, 4) is 11.6 Å². The highest BCUT2D eigenvalue weighted by atomic mass is 16.6. The average molecular weight is 521 g/mol. The number of rotatable bonds is 5. The third kappa shape index (κ3) is 6.10. The molecular weight excluding hydrogens is 488 g/mol. The van der Waals surface area contributed by atoms with Gasteiger partial charge in [0.15, 0.2) is 5.58 Å². The molecule has 0 saturated heterocycles. The molecule has 4 aromatic rings. The minimum atomic E-state index is -0.628. The molecule has 0 aliphatic heterocycles. The Morgan fingerprint density at radius 2 is 1.84 bits per heavy atom. The van der Waals surface area contributed by atoms with Gasteiger partial charge < -0.3 is 19.8 Å². The van der Waals surface area contributed by atoms with E-state index < -0.39 is 17.8 Å². The summed E-state index contributed by atoms with van der Waals surface area (Å²) in [6.07, 6.45) is 0.836. The highest BCUT2D eigenvalue weighted by molar-refractivity contribution is 6.08. The van der Waals surface area contributed by atoms with Crippen LogP contribution >= 0.6 is 0 Å². The van der Waals surface area contributed by atoms with Gasteiger partial charge in [-0.1, -0.05) is 57.9 Å². The number of benzene rings is 2. The summed E-state index contributed by atoms with van der Waals surface area (Å²) < 4.78 is 12.0. The number of carbonyl (C=O) groups is 2. The number of aryl methyl sites for hydroxylation is 1. The summed E-state index contributed by atoms with van der Waals surface area (Å²) >= 11 is 0. The number of aromatic amines is 1. The van der Waals surface area contributed by atoms with E-state index in [4.69, 9.17) is 9.15 Å². The second-order valence-corrected chi connectivity index (χ2v) is 11.4. The molecule has 2 aromatic carbocycles. The lowest BCUT2D eigenvalue weighted by Gasteiger charge is -2.20. The summed E-state index contributed by atoms with van der Waals surface area (Å²) in [6, 6.07) is 8.76. The molecule has 200 valence electrons. The molecule has 11 nitrogen and oxygen atoms in total. The van der Waals surface area contributed by atoms with Gasteiger partial charge in [-0.05, 0) is 53.1 Å². The highest BCUT2D eigenvalue weighted by Crippen LogP contribution is 2.31. The maximum absolute atomic E-state index is 13.3. The smallest absolute Gasteiger partial charge is 0.406 e. The number of hydrogen-bond donors (Lipinski definition) is 3. The first-order valence-corrected chi connectivity index (χ1v) is 12.2. The third-order valence-corrected chi connectivity index (χ3v) is 5.79. The van der Waals surface area contributed by atoms with Gasteiger partial charge in [0, 0.05) is 12.1 Å². The van der Waals surface area contributed by atoms with Crippen LogP contribution in [-0.4, -0.2) is 38.5 Å². The Kier molecular flexibility index (Phi) is 6.88. The van der Waals surface area contributed by atoms with Crippen LogP contribution < -0.4 is 21.1 Å². The van der Waals surface area contributed by atoms with Gasteiger partial charge in [0.25, 0.3) is 11.8 Å². The van der Waals surface area contributed by atoms with Crippen LogP contribution in [0.15, 0.2) is 45.7 Å². The van der Waals surface area contributed by atoms with Crippen molar-refractivity contribution in [3.63, 3.8) is 0 Å². The number of aromatic nitrogens is 4. The fraction of sp³-hybridized carbons (Fsp3) is 0.370. The van der Waals surface area contributed by atoms with Crippen molar-refractivity contribution in [1.29, 1.82) is 0 Å². The lowest BCUT2D eigenvalue weighted by atomic mass is 9.86. The summed E-state index contributed by atoms with van der Waals surface area (Å²) in [7, 11) is 0. The fourth-order valence-electron chi connectivity index (χ4n) is 3.66. The van der Waals surface area contributed by atoms with Crippen LogP contribution in [0.2, 0.25) is 0 Å². The summed E-state index contributed by atoms with van der Waals surface area (Å²) in [6.45, 7) is 14.4. The third-order valence-electron chi connectivity index (χ3n) is 5.79. The predicted octanol–water partition coefficient (Wildman–Crippen LogP) is 4.69. The summed E-state index contributed by atoms with van der Waals surface area (Å²) in [4.78, 5) is 39.9. The maximum Gasteiger partial charge on any atom is 0.417 e. The molecule has 2 aromatic heterocycles. The van der Waals surface area contributed by atoms with E-state index in [9.17, 15) is 14.4 Å². The molecule has 4 rings (SSSR count). The molecular formula is C27H32N6O5. The SMILES string of the molecule is Cc1ccc(C(=O)Nc2cc(C(C)(C)C)cc3[nH]c(=O)oc23)cc1-n1cc(OC(=O)NCC(C)(C)C)nn1. The minimum Gasteiger partial charge on any atom is -0.406 e. The van der Waals surface area contributed by atoms with Crippen LogP contribution in [0.5, 0.6) is 5.88 Å². The Morgan fingerprint density at radius 3 is 2.53 bits per heavy atom. The highest BCUT2D eigenvalue weighted by Gasteiger charge is 2.21. The lowest BCUT2D eigenvalue weighted by molar-refractivity contribution is 0.102. The zero-order valence-corrected chi connectivity index (χ0v) is 22.6. The molecule has 3 N–H and O–H groups in total. The van der Waals surface area contributed by atoms with Gasteiger partial charge >= 0.3 is 11.8 Å². The van der Waals surface area contributed by atoms with E-state index in [0.29, 0.717) is 29.0 Å². The second kappa shape index (κ2) is 9.81. The molecule has 0 fully saturated rings. The van der Waals surface area contributed by atoms with Crippen molar-refractivity contribution < 1.29 is 18.7 Å². The van der Waals surface area contributed by atoms with E-state index in [1.165, 1.54) is 10.9 Å². The van der Waals surface area contributed by atoms with Crippen LogP contribution in [0, 0.1) is 12.3 Å². The molecule has 0 radical (unpaired) electrons. The van der Waals surface area contributed by atoms with Crippen molar-refractivity contribution in [2.75, 3.05) is 11.9 Å². The topological polar surface area (TPSA) is 144 Å². The first-order valence-electron chi connectivity index (χ1n) is 12.2. The van der Waals surface area contributed by atoms with Crippen LogP contribution in [0.1, 0.15) is 63.0 Å². The molecule has 0 spiro atoms. The van der Waals surface area contributed by atoms with Gasteiger partial charge in [-0.25, -0.2) is 14.3 Å². The van der Waals surface area contributed by atoms with Crippen LogP contribution in [0.3, 0.4) is 0 Å². The predicted molar refractivity (Wildman–Crippen MR) is 143 cm³/mol. The standard InChI is InChI=1S/C27H32N6O5/c1-15-8-9-16(10-20(15)33-13-21(31-32-33)37-24(35)28-14-26(2,3)4)23(34)29-18-11-17(27(5,6)7)12-19-22(18)38-25(36)30-19/h8-13H,14H2,1-7H3,(H,28,35)(H,29,34)(H,30,36). The molecule has 38 heavy (non-hydrogen) atoms. The molecule has 0 saturated carbocycles. The molecule has 0 atom stereocenters. The lowest BCUT2D eigenvalue weighted by Crippen LogP contribution is -2.34. The number of carbonyl (C=O) groups excluding carboxylic acids is 2. The second-order valence-electron chi connectivity index (χ2n) is 11.4.